The number of thiophene rings is 2. The molecule has 0 aromatic carbocycles. The van der Waals surface area contributed by atoms with Crippen LogP contribution in [0.2, 0.25) is 0 Å². The van der Waals surface area contributed by atoms with Crippen molar-refractivity contribution in [3.63, 3.8) is 0 Å². The van der Waals surface area contributed by atoms with E-state index in [-0.39, 0.29) is 23.9 Å². The minimum absolute atomic E-state index is 0.00359. The summed E-state index contributed by atoms with van der Waals surface area (Å²) < 4.78 is 0. The van der Waals surface area contributed by atoms with Crippen molar-refractivity contribution in [3.8, 4) is 0 Å². The van der Waals surface area contributed by atoms with Gasteiger partial charge in [0.2, 0.25) is 11.8 Å². The number of rotatable bonds is 7. The van der Waals surface area contributed by atoms with Crippen LogP contribution in [0.4, 0.5) is 0 Å². The van der Waals surface area contributed by atoms with Crippen LogP contribution in [0.15, 0.2) is 29.0 Å². The minimum Gasteiger partial charge on any atom is -0.351 e. The number of nitrogens with zero attached hydrogens (tertiary/aromatic N) is 1. The number of hydrogen-bond donors (Lipinski definition) is 1. The number of hydrogen-bond acceptors (Lipinski definition) is 4. The summed E-state index contributed by atoms with van der Waals surface area (Å²) in [5.41, 5.74) is 1.10. The summed E-state index contributed by atoms with van der Waals surface area (Å²) in [6.07, 6.45) is 8.08. The monoisotopic (exact) mass is 416 g/mol. The fourth-order valence-electron chi connectivity index (χ4n) is 4.13. The van der Waals surface area contributed by atoms with E-state index in [1.807, 2.05) is 34.7 Å². The van der Waals surface area contributed by atoms with Crippen molar-refractivity contribution in [1.82, 2.24) is 10.2 Å². The Labute approximate surface area is 174 Å². The molecule has 0 radical (unpaired) electrons. The topological polar surface area (TPSA) is 49.4 Å². The van der Waals surface area contributed by atoms with E-state index in [0.29, 0.717) is 6.42 Å². The number of aryl methyl sites for hydroxylation is 1. The van der Waals surface area contributed by atoms with Gasteiger partial charge in [0.15, 0.2) is 0 Å². The molecule has 2 fully saturated rings. The first-order valence-corrected chi connectivity index (χ1v) is 12.1. The van der Waals surface area contributed by atoms with E-state index in [0.717, 1.165) is 41.0 Å². The molecule has 28 heavy (non-hydrogen) atoms. The largest absolute Gasteiger partial charge is 0.351 e. The van der Waals surface area contributed by atoms with Crippen molar-refractivity contribution < 1.29 is 9.59 Å². The molecule has 0 saturated heterocycles. The molecular formula is C22H28N2O2S2. The Kier molecular flexibility index (Phi) is 6.16. The van der Waals surface area contributed by atoms with Crippen molar-refractivity contribution in [1.29, 1.82) is 0 Å². The van der Waals surface area contributed by atoms with Crippen LogP contribution in [0.3, 0.4) is 0 Å². The molecule has 4 nitrogen and oxygen atoms in total. The van der Waals surface area contributed by atoms with Gasteiger partial charge >= 0.3 is 0 Å². The SMILES string of the molecule is Cc1ccsc1[C@@H](C(=O)NC1CCCCC1)N(C(=O)Cc1cccs1)C1CC1. The molecular weight excluding hydrogens is 388 g/mol. The second-order valence-electron chi connectivity index (χ2n) is 8.00. The lowest BCUT2D eigenvalue weighted by atomic mass is 9.95. The Bertz CT molecular complexity index is 804. The molecule has 2 saturated carbocycles. The van der Waals surface area contributed by atoms with Crippen molar-refractivity contribution >= 4 is 34.5 Å². The molecule has 2 amide bonds. The molecule has 2 aliphatic carbocycles. The average molecular weight is 417 g/mol. The fraction of sp³-hybridized carbons (Fsp3) is 0.545. The molecule has 0 unspecified atom stereocenters. The molecule has 2 aliphatic rings. The Hall–Kier alpha value is -1.66. The smallest absolute Gasteiger partial charge is 0.248 e. The third-order valence-corrected chi connectivity index (χ3v) is 7.71. The third-order valence-electron chi connectivity index (χ3n) is 5.76. The normalized spacial score (nSPS) is 18.6. The Morgan fingerprint density at radius 1 is 1.11 bits per heavy atom. The van der Waals surface area contributed by atoms with Gasteiger partial charge < -0.3 is 10.2 Å². The van der Waals surface area contributed by atoms with Gasteiger partial charge in [-0.3, -0.25) is 9.59 Å². The molecule has 150 valence electrons. The van der Waals surface area contributed by atoms with E-state index < -0.39 is 6.04 Å². The van der Waals surface area contributed by atoms with Crippen molar-refractivity contribution in [2.24, 2.45) is 0 Å². The quantitative estimate of drug-likeness (QED) is 0.702. The molecule has 1 N–H and O–H groups in total. The zero-order valence-electron chi connectivity index (χ0n) is 16.4. The van der Waals surface area contributed by atoms with Crippen molar-refractivity contribution in [3.05, 3.63) is 44.3 Å². The molecule has 2 aromatic rings. The Morgan fingerprint density at radius 3 is 2.50 bits per heavy atom. The van der Waals surface area contributed by atoms with Crippen LogP contribution < -0.4 is 5.32 Å². The van der Waals surface area contributed by atoms with Gasteiger partial charge in [0.05, 0.1) is 6.42 Å². The molecule has 4 rings (SSSR count). The molecule has 6 heteroatoms. The third kappa shape index (κ3) is 4.49. The average Bonchev–Trinajstić information content (AvgIpc) is 3.22. The summed E-state index contributed by atoms with van der Waals surface area (Å²) in [6.45, 7) is 2.04. The number of carbonyl (C=O) groups excluding carboxylic acids is 2. The maximum Gasteiger partial charge on any atom is 0.248 e. The standard InChI is InChI=1S/C22H28N2O2S2/c1-15-11-13-28-21(15)20(22(26)23-16-6-3-2-4-7-16)24(17-9-10-17)19(25)14-18-8-5-12-27-18/h5,8,11-13,16-17,20H,2-4,6-7,9-10,14H2,1H3,(H,23,26)/t20-/m0/s1. The molecule has 1 atom stereocenters. The summed E-state index contributed by atoms with van der Waals surface area (Å²) in [5, 5.41) is 7.32. The van der Waals surface area contributed by atoms with Crippen LogP contribution in [-0.2, 0) is 16.0 Å². The summed E-state index contributed by atoms with van der Waals surface area (Å²) >= 11 is 3.20. The van der Waals surface area contributed by atoms with Gasteiger partial charge in [-0.2, -0.15) is 0 Å². The van der Waals surface area contributed by atoms with Gasteiger partial charge in [0.25, 0.3) is 0 Å². The lowest BCUT2D eigenvalue weighted by molar-refractivity contribution is -0.141. The van der Waals surface area contributed by atoms with Gasteiger partial charge in [-0.1, -0.05) is 25.3 Å². The number of nitrogens with one attached hydrogen (secondary N) is 1. The van der Waals surface area contributed by atoms with E-state index in [4.69, 9.17) is 0 Å². The Morgan fingerprint density at radius 2 is 1.89 bits per heavy atom. The summed E-state index contributed by atoms with van der Waals surface area (Å²) in [6, 6.07) is 5.97. The lowest BCUT2D eigenvalue weighted by Gasteiger charge is -2.33. The van der Waals surface area contributed by atoms with Crippen molar-refractivity contribution in [2.45, 2.75) is 76.4 Å². The zero-order valence-corrected chi connectivity index (χ0v) is 18.0. The minimum atomic E-state index is -0.498. The predicted octanol–water partition coefficient (Wildman–Crippen LogP) is 4.84. The highest BCUT2D eigenvalue weighted by Gasteiger charge is 2.42. The maximum absolute atomic E-state index is 13.4. The van der Waals surface area contributed by atoms with E-state index in [9.17, 15) is 9.59 Å². The highest BCUT2D eigenvalue weighted by atomic mass is 32.1. The second kappa shape index (κ2) is 8.78. The van der Waals surface area contributed by atoms with E-state index in [1.165, 1.54) is 19.3 Å². The van der Waals surface area contributed by atoms with E-state index >= 15 is 0 Å². The first-order chi connectivity index (χ1) is 13.6. The van der Waals surface area contributed by atoms with Gasteiger partial charge in [-0.15, -0.1) is 22.7 Å². The van der Waals surface area contributed by atoms with Gasteiger partial charge in [-0.05, 0) is 61.1 Å². The second-order valence-corrected chi connectivity index (χ2v) is 9.98. The van der Waals surface area contributed by atoms with Gasteiger partial charge in [0, 0.05) is 21.8 Å². The first-order valence-electron chi connectivity index (χ1n) is 10.3. The lowest BCUT2D eigenvalue weighted by Crippen LogP contribution is -2.48. The molecule has 2 heterocycles. The molecule has 0 spiro atoms. The highest BCUT2D eigenvalue weighted by molar-refractivity contribution is 7.10. The highest BCUT2D eigenvalue weighted by Crippen LogP contribution is 2.38. The van der Waals surface area contributed by atoms with E-state index in [1.54, 1.807) is 22.7 Å². The number of carbonyl (C=O) groups is 2. The van der Waals surface area contributed by atoms with Crippen LogP contribution in [0.1, 0.15) is 66.3 Å². The van der Waals surface area contributed by atoms with Gasteiger partial charge in [0.1, 0.15) is 6.04 Å². The summed E-state index contributed by atoms with van der Waals surface area (Å²) in [7, 11) is 0. The Balaban J connectivity index is 1.59. The zero-order chi connectivity index (χ0) is 19.5. The van der Waals surface area contributed by atoms with Crippen molar-refractivity contribution in [2.75, 3.05) is 0 Å². The van der Waals surface area contributed by atoms with Crippen LogP contribution in [0.25, 0.3) is 0 Å². The van der Waals surface area contributed by atoms with Crippen LogP contribution in [-0.4, -0.2) is 28.8 Å². The van der Waals surface area contributed by atoms with Crippen LogP contribution in [0.5, 0.6) is 0 Å². The van der Waals surface area contributed by atoms with Crippen LogP contribution >= 0.6 is 22.7 Å². The molecule has 0 bridgehead atoms. The first kappa shape index (κ1) is 19.6. The fourth-order valence-corrected chi connectivity index (χ4v) is 5.85. The number of amides is 2. The van der Waals surface area contributed by atoms with E-state index in [2.05, 4.69) is 11.4 Å². The molecule has 2 aromatic heterocycles. The summed E-state index contributed by atoms with van der Waals surface area (Å²) in [5.74, 6) is 0.0745. The maximum atomic E-state index is 13.4. The van der Waals surface area contributed by atoms with Gasteiger partial charge in [-0.25, -0.2) is 0 Å². The molecule has 0 aliphatic heterocycles. The van der Waals surface area contributed by atoms with Crippen LogP contribution in [0, 0.1) is 6.92 Å². The summed E-state index contributed by atoms with van der Waals surface area (Å²) in [4.78, 5) is 30.7. The predicted molar refractivity (Wildman–Crippen MR) is 115 cm³/mol.